The van der Waals surface area contributed by atoms with Crippen molar-refractivity contribution in [3.63, 3.8) is 0 Å². The summed E-state index contributed by atoms with van der Waals surface area (Å²) in [5.74, 6) is 0.0859. The zero-order valence-electron chi connectivity index (χ0n) is 24.3. The molecule has 0 atom stereocenters. The van der Waals surface area contributed by atoms with Crippen LogP contribution in [0.1, 0.15) is 34.6 Å². The van der Waals surface area contributed by atoms with E-state index in [1.54, 1.807) is 71.0 Å². The molecule has 42 heavy (non-hydrogen) atoms. The van der Waals surface area contributed by atoms with Crippen LogP contribution in [0.15, 0.2) is 65.7 Å². The molecule has 2 aromatic heterocycles. The SMILES string of the molecule is COc1cc(-n2cnc3ccc(-c4ccc(Cl)cc4)n3c2=O)ccc1OCC(C)(C)OC(=O)CNC(=O)OC(C)(C)C. The van der Waals surface area contributed by atoms with Crippen molar-refractivity contribution in [2.75, 3.05) is 20.3 Å². The Balaban J connectivity index is 1.48. The van der Waals surface area contributed by atoms with Gasteiger partial charge in [-0.15, -0.1) is 0 Å². The zero-order valence-corrected chi connectivity index (χ0v) is 25.0. The summed E-state index contributed by atoms with van der Waals surface area (Å²) < 4.78 is 25.0. The van der Waals surface area contributed by atoms with E-state index in [-0.39, 0.29) is 18.8 Å². The van der Waals surface area contributed by atoms with Crippen molar-refractivity contribution >= 4 is 29.3 Å². The van der Waals surface area contributed by atoms with Gasteiger partial charge in [0.05, 0.1) is 18.5 Å². The van der Waals surface area contributed by atoms with Gasteiger partial charge in [-0.25, -0.2) is 19.0 Å². The van der Waals surface area contributed by atoms with Gasteiger partial charge in [-0.05, 0) is 76.6 Å². The summed E-state index contributed by atoms with van der Waals surface area (Å²) >= 11 is 6.03. The van der Waals surface area contributed by atoms with E-state index >= 15 is 0 Å². The molecule has 0 radical (unpaired) electrons. The van der Waals surface area contributed by atoms with Crippen LogP contribution in [0.4, 0.5) is 4.79 Å². The molecular formula is C30H33ClN4O7. The Morgan fingerprint density at radius 1 is 0.952 bits per heavy atom. The highest BCUT2D eigenvalue weighted by Gasteiger charge is 2.26. The van der Waals surface area contributed by atoms with Gasteiger partial charge in [-0.1, -0.05) is 23.7 Å². The van der Waals surface area contributed by atoms with Crippen molar-refractivity contribution in [1.29, 1.82) is 0 Å². The lowest BCUT2D eigenvalue weighted by Gasteiger charge is -2.26. The fourth-order valence-electron chi connectivity index (χ4n) is 4.03. The van der Waals surface area contributed by atoms with E-state index in [0.717, 1.165) is 5.56 Å². The first-order valence-electron chi connectivity index (χ1n) is 13.1. The summed E-state index contributed by atoms with van der Waals surface area (Å²) in [4.78, 5) is 42.1. The van der Waals surface area contributed by atoms with Crippen LogP contribution in [0.3, 0.4) is 0 Å². The van der Waals surface area contributed by atoms with Crippen molar-refractivity contribution in [3.8, 4) is 28.4 Å². The lowest BCUT2D eigenvalue weighted by Crippen LogP contribution is -2.40. The first-order chi connectivity index (χ1) is 19.8. The average molecular weight is 597 g/mol. The van der Waals surface area contributed by atoms with Crippen molar-refractivity contribution in [3.05, 3.63) is 76.4 Å². The number of benzene rings is 2. The molecule has 222 valence electrons. The predicted octanol–water partition coefficient (Wildman–Crippen LogP) is 5.04. The van der Waals surface area contributed by atoms with E-state index in [9.17, 15) is 14.4 Å². The first kappa shape index (κ1) is 30.4. The maximum absolute atomic E-state index is 13.6. The monoisotopic (exact) mass is 596 g/mol. The van der Waals surface area contributed by atoms with Crippen LogP contribution >= 0.6 is 11.6 Å². The molecule has 4 aromatic rings. The van der Waals surface area contributed by atoms with Crippen LogP contribution in [-0.2, 0) is 14.3 Å². The highest BCUT2D eigenvalue weighted by Crippen LogP contribution is 2.30. The molecule has 2 aromatic carbocycles. The minimum Gasteiger partial charge on any atom is -0.493 e. The highest BCUT2D eigenvalue weighted by molar-refractivity contribution is 6.30. The van der Waals surface area contributed by atoms with Gasteiger partial charge in [-0.2, -0.15) is 0 Å². The second-order valence-corrected chi connectivity index (χ2v) is 11.5. The number of carbonyl (C=O) groups is 2. The van der Waals surface area contributed by atoms with E-state index in [2.05, 4.69) is 10.3 Å². The number of amides is 1. The number of methoxy groups -OCH3 is 1. The van der Waals surface area contributed by atoms with Crippen LogP contribution in [-0.4, -0.2) is 57.5 Å². The standard InChI is InChI=1S/C30H33ClN4O7/c1-29(2,3)42-27(37)32-16-26(36)41-30(4,5)17-40-23-13-11-21(15-24(23)39-6)34-18-33-25-14-12-22(35(25)28(34)38)19-7-9-20(31)10-8-19/h7-15,18H,16-17H2,1-6H3,(H,32,37). The average Bonchev–Trinajstić information content (AvgIpc) is 3.35. The second-order valence-electron chi connectivity index (χ2n) is 11.0. The van der Waals surface area contributed by atoms with Crippen LogP contribution in [0.5, 0.6) is 11.5 Å². The Labute approximate surface area is 247 Å². The number of hydrogen-bond donors (Lipinski definition) is 1. The van der Waals surface area contributed by atoms with Gasteiger partial charge >= 0.3 is 17.8 Å². The first-order valence-corrected chi connectivity index (χ1v) is 13.5. The fraction of sp³-hybridized carbons (Fsp3) is 0.333. The van der Waals surface area contributed by atoms with Gasteiger partial charge in [-0.3, -0.25) is 9.36 Å². The number of ether oxygens (including phenoxy) is 4. The van der Waals surface area contributed by atoms with Crippen LogP contribution in [0, 0.1) is 0 Å². The predicted molar refractivity (Wildman–Crippen MR) is 158 cm³/mol. The largest absolute Gasteiger partial charge is 0.493 e. The summed E-state index contributed by atoms with van der Waals surface area (Å²) in [6.07, 6.45) is 0.733. The van der Waals surface area contributed by atoms with Gasteiger partial charge in [0, 0.05) is 11.1 Å². The molecule has 0 aliphatic heterocycles. The molecule has 1 amide bonds. The molecule has 0 fully saturated rings. The Kier molecular flexibility index (Phi) is 8.81. The van der Waals surface area contributed by atoms with Crippen LogP contribution in [0.25, 0.3) is 22.6 Å². The minimum atomic E-state index is -1.03. The number of alkyl carbamates (subject to hydrolysis) is 1. The summed E-state index contributed by atoms with van der Waals surface area (Å²) in [6, 6.07) is 15.8. The maximum Gasteiger partial charge on any atom is 0.408 e. The quantitative estimate of drug-likeness (QED) is 0.267. The lowest BCUT2D eigenvalue weighted by molar-refractivity contribution is -0.157. The molecule has 0 saturated carbocycles. The summed E-state index contributed by atoms with van der Waals surface area (Å²) in [7, 11) is 1.48. The molecule has 2 heterocycles. The van der Waals surface area contributed by atoms with Gasteiger partial charge in [0.2, 0.25) is 0 Å². The van der Waals surface area contributed by atoms with E-state index < -0.39 is 23.3 Å². The van der Waals surface area contributed by atoms with E-state index in [1.165, 1.54) is 22.4 Å². The third-order valence-corrected chi connectivity index (χ3v) is 6.12. The van der Waals surface area contributed by atoms with Crippen LogP contribution in [0.2, 0.25) is 5.02 Å². The number of nitrogens with zero attached hydrogens (tertiary/aromatic N) is 3. The fourth-order valence-corrected chi connectivity index (χ4v) is 4.16. The molecule has 11 nitrogen and oxygen atoms in total. The lowest BCUT2D eigenvalue weighted by atomic mass is 10.1. The Morgan fingerprint density at radius 3 is 2.33 bits per heavy atom. The number of nitrogens with one attached hydrogen (secondary N) is 1. The normalized spacial score (nSPS) is 11.7. The number of fused-ring (bicyclic) bond motifs is 1. The topological polar surface area (TPSA) is 122 Å². The molecule has 4 rings (SSSR count). The minimum absolute atomic E-state index is 0.0117. The molecule has 0 aliphatic rings. The number of hydrogen-bond acceptors (Lipinski definition) is 8. The molecule has 0 spiro atoms. The smallest absolute Gasteiger partial charge is 0.408 e. The maximum atomic E-state index is 13.6. The Hall–Kier alpha value is -4.51. The van der Waals surface area contributed by atoms with Crippen LogP contribution < -0.4 is 20.5 Å². The number of esters is 1. The number of rotatable bonds is 9. The van der Waals surface area contributed by atoms with E-state index in [4.69, 9.17) is 30.5 Å². The number of carbonyl (C=O) groups excluding carboxylic acids is 2. The van der Waals surface area contributed by atoms with Crippen molar-refractivity contribution in [2.45, 2.75) is 45.8 Å². The Bertz CT molecular complexity index is 1650. The molecule has 0 unspecified atom stereocenters. The highest BCUT2D eigenvalue weighted by atomic mass is 35.5. The zero-order chi connectivity index (χ0) is 30.7. The van der Waals surface area contributed by atoms with Gasteiger partial charge < -0.3 is 24.3 Å². The summed E-state index contributed by atoms with van der Waals surface area (Å²) in [5.41, 5.74) is 0.474. The molecule has 0 bridgehead atoms. The van der Waals surface area contributed by atoms with E-state index in [1.807, 2.05) is 18.2 Å². The van der Waals surface area contributed by atoms with Gasteiger partial charge in [0.25, 0.3) is 0 Å². The molecule has 0 saturated heterocycles. The third-order valence-electron chi connectivity index (χ3n) is 5.87. The molecule has 1 N–H and O–H groups in total. The third kappa shape index (κ3) is 7.41. The molecule has 12 heteroatoms. The number of halogens is 1. The van der Waals surface area contributed by atoms with Crippen molar-refractivity contribution in [2.24, 2.45) is 0 Å². The van der Waals surface area contributed by atoms with E-state index in [0.29, 0.717) is 33.6 Å². The number of aromatic nitrogens is 3. The molecular weight excluding hydrogens is 564 g/mol. The summed E-state index contributed by atoms with van der Waals surface area (Å²) in [5, 5.41) is 2.97. The van der Waals surface area contributed by atoms with Gasteiger partial charge in [0.15, 0.2) is 11.5 Å². The Morgan fingerprint density at radius 2 is 1.67 bits per heavy atom. The second kappa shape index (κ2) is 12.2. The van der Waals surface area contributed by atoms with Crippen molar-refractivity contribution in [1.82, 2.24) is 19.3 Å². The van der Waals surface area contributed by atoms with Crippen molar-refractivity contribution < 1.29 is 28.5 Å². The van der Waals surface area contributed by atoms with Gasteiger partial charge in [0.1, 0.15) is 36.3 Å². The summed E-state index contributed by atoms with van der Waals surface area (Å²) in [6.45, 7) is 8.15. The molecule has 0 aliphatic carbocycles.